The topological polar surface area (TPSA) is 257 Å². The van der Waals surface area contributed by atoms with Crippen LogP contribution in [0.1, 0.15) is 110 Å². The van der Waals surface area contributed by atoms with E-state index in [0.29, 0.717) is 56.1 Å². The molecule has 4 heterocycles. The zero-order chi connectivity index (χ0) is 51.8. The average Bonchev–Trinajstić information content (AvgIpc) is 3.91. The number of ether oxygens (including phenoxy) is 11. The van der Waals surface area contributed by atoms with Gasteiger partial charge in [-0.15, -0.1) is 0 Å². The van der Waals surface area contributed by atoms with Crippen LogP contribution in [0.15, 0.2) is 42.0 Å². The Balaban J connectivity index is 0.899. The number of aliphatic hydroxyl groups excluding tert-OH is 5. The molecule has 8 aliphatic rings. The van der Waals surface area contributed by atoms with Crippen LogP contribution in [-0.2, 0) is 61.7 Å². The molecule has 0 amide bonds. The molecule has 402 valence electrons. The number of epoxide rings is 1. The molecule has 2 spiro atoms. The molecule has 5 N–H and O–H groups in total. The Bertz CT molecular complexity index is 2160. The first-order valence-corrected chi connectivity index (χ1v) is 25.9. The standard InChI is InChI=1S/C53H76O19/c1-10-25(2)46(60)71-45-43(68-47(61)29-14-12-11-13-15-29)44-50(6)19-17-31(22-30(50)16-20-52(44)53(72-52)21-18-32(26(3)55)51(45,53)7)66-35-23-33(62-8)40(27(4)64-35)69-49-39(59)42(63-9)41(28(5)65-49)70-48-38(58)37(57)36(56)34(24-54)67-48/h10-15,27-28,30-45,48-49,54,56-59H,16-24H2,1-9H3. The van der Waals surface area contributed by atoms with Gasteiger partial charge >= 0.3 is 11.9 Å². The van der Waals surface area contributed by atoms with E-state index >= 15 is 0 Å². The van der Waals surface area contributed by atoms with Gasteiger partial charge in [-0.3, -0.25) is 4.79 Å². The van der Waals surface area contributed by atoms with Crippen LogP contribution in [0.25, 0.3) is 0 Å². The van der Waals surface area contributed by atoms with Crippen LogP contribution in [0.2, 0.25) is 0 Å². The van der Waals surface area contributed by atoms with E-state index in [-0.39, 0.29) is 23.7 Å². The van der Waals surface area contributed by atoms with Gasteiger partial charge in [-0.1, -0.05) is 38.1 Å². The lowest BCUT2D eigenvalue weighted by Crippen LogP contribution is -2.70. The van der Waals surface area contributed by atoms with Gasteiger partial charge in [0.05, 0.1) is 36.6 Å². The van der Waals surface area contributed by atoms with Crippen molar-refractivity contribution in [2.24, 2.45) is 28.6 Å². The lowest BCUT2D eigenvalue weighted by molar-refractivity contribution is -0.371. The van der Waals surface area contributed by atoms with Crippen molar-refractivity contribution >= 4 is 17.7 Å². The number of Topliss-reactive ketones (excluding diaryl/α,β-unsaturated/α-hetero) is 1. The summed E-state index contributed by atoms with van der Waals surface area (Å²) in [5.74, 6) is -1.81. The zero-order valence-electron chi connectivity index (χ0n) is 42.8. The minimum absolute atomic E-state index is 0.00801. The molecule has 8 fully saturated rings. The maximum Gasteiger partial charge on any atom is 0.338 e. The summed E-state index contributed by atoms with van der Waals surface area (Å²) in [4.78, 5) is 41.8. The molecule has 0 aromatic heterocycles. The molecule has 4 aliphatic heterocycles. The quantitative estimate of drug-likeness (QED) is 0.0777. The average molecular weight is 1020 g/mol. The maximum atomic E-state index is 14.3. The van der Waals surface area contributed by atoms with Crippen molar-refractivity contribution < 1.29 is 92.0 Å². The molecular weight excluding hydrogens is 941 g/mol. The number of methoxy groups -OCH3 is 2. The highest BCUT2D eigenvalue weighted by Gasteiger charge is 2.91. The van der Waals surface area contributed by atoms with Crippen molar-refractivity contribution in [1.82, 2.24) is 0 Å². The number of allylic oxidation sites excluding steroid dienone is 1. The molecule has 9 rings (SSSR count). The normalized spacial score (nSPS) is 48.8. The fourth-order valence-electron chi connectivity index (χ4n) is 14.7. The van der Waals surface area contributed by atoms with Crippen LogP contribution >= 0.6 is 0 Å². The fourth-order valence-corrected chi connectivity index (χ4v) is 14.7. The number of benzene rings is 1. The summed E-state index contributed by atoms with van der Waals surface area (Å²) in [6.07, 6.45) is -11.0. The number of fused-ring (bicyclic) bond motifs is 2. The second-order valence-electron chi connectivity index (χ2n) is 22.2. The number of hydrogen-bond donors (Lipinski definition) is 5. The van der Waals surface area contributed by atoms with Gasteiger partial charge in [0.1, 0.15) is 78.0 Å². The first kappa shape index (κ1) is 53.8. The lowest BCUT2D eigenvalue weighted by Gasteiger charge is -2.61. The van der Waals surface area contributed by atoms with Gasteiger partial charge in [-0.2, -0.15) is 0 Å². The molecule has 72 heavy (non-hydrogen) atoms. The third-order valence-corrected chi connectivity index (χ3v) is 18.6. The van der Waals surface area contributed by atoms with Crippen LogP contribution in [-0.4, -0.2) is 180 Å². The second-order valence-corrected chi connectivity index (χ2v) is 22.2. The van der Waals surface area contributed by atoms with Crippen molar-refractivity contribution in [2.75, 3.05) is 20.8 Å². The lowest BCUT2D eigenvalue weighted by atomic mass is 9.43. The third kappa shape index (κ3) is 8.72. The Morgan fingerprint density at radius 2 is 1.44 bits per heavy atom. The fraction of sp³-hybridized carbons (Fsp3) is 0.792. The van der Waals surface area contributed by atoms with Crippen molar-refractivity contribution in [1.29, 1.82) is 0 Å². The summed E-state index contributed by atoms with van der Waals surface area (Å²) in [5.41, 5.74) is -2.09. The molecular formula is C53H76O19. The molecule has 24 unspecified atom stereocenters. The number of rotatable bonds is 14. The Kier molecular flexibility index (Phi) is 15.3. The summed E-state index contributed by atoms with van der Waals surface area (Å²) in [5, 5.41) is 52.5. The van der Waals surface area contributed by atoms with E-state index in [1.165, 1.54) is 7.11 Å². The Morgan fingerprint density at radius 1 is 0.750 bits per heavy atom. The van der Waals surface area contributed by atoms with Gasteiger partial charge in [0.2, 0.25) is 0 Å². The summed E-state index contributed by atoms with van der Waals surface area (Å²) in [7, 11) is 2.94. The smallest absolute Gasteiger partial charge is 0.338 e. The van der Waals surface area contributed by atoms with Gasteiger partial charge in [-0.25, -0.2) is 9.59 Å². The predicted molar refractivity (Wildman–Crippen MR) is 250 cm³/mol. The highest BCUT2D eigenvalue weighted by atomic mass is 16.8. The molecule has 19 heteroatoms. The molecule has 19 nitrogen and oxygen atoms in total. The number of ketones is 1. The van der Waals surface area contributed by atoms with Gasteiger partial charge in [0, 0.05) is 43.5 Å². The summed E-state index contributed by atoms with van der Waals surface area (Å²) >= 11 is 0. The van der Waals surface area contributed by atoms with Crippen molar-refractivity contribution in [2.45, 2.75) is 215 Å². The SMILES string of the molecule is CC=C(C)C(=O)OC1C(OC(=O)c2ccccc2)C2C3(C)CCC(OC4CC(OC)C(OC5OC(C)C(OC6OC(CO)C(O)C(O)C6O)C(OC)C5O)C(C)O4)CC3CCC23OC32CCC(C(C)=O)C12C. The van der Waals surface area contributed by atoms with Crippen LogP contribution < -0.4 is 0 Å². The number of carbonyl (C=O) groups excluding carboxylic acids is 3. The van der Waals surface area contributed by atoms with Gasteiger partial charge < -0.3 is 77.6 Å². The summed E-state index contributed by atoms with van der Waals surface area (Å²) in [6, 6.07) is 8.80. The van der Waals surface area contributed by atoms with Gasteiger partial charge in [0.25, 0.3) is 0 Å². The molecule has 4 aliphatic carbocycles. The van der Waals surface area contributed by atoms with E-state index in [9.17, 15) is 39.9 Å². The van der Waals surface area contributed by atoms with Gasteiger partial charge in [-0.05, 0) is 103 Å². The number of aliphatic hydroxyl groups is 5. The van der Waals surface area contributed by atoms with Crippen LogP contribution in [0.5, 0.6) is 0 Å². The molecule has 1 aromatic rings. The molecule has 4 saturated carbocycles. The largest absolute Gasteiger partial charge is 0.454 e. The summed E-state index contributed by atoms with van der Waals surface area (Å²) in [6.45, 7) is 12.2. The monoisotopic (exact) mass is 1020 g/mol. The van der Waals surface area contributed by atoms with Crippen molar-refractivity contribution in [3.05, 3.63) is 47.5 Å². The van der Waals surface area contributed by atoms with E-state index in [4.69, 9.17) is 52.1 Å². The summed E-state index contributed by atoms with van der Waals surface area (Å²) < 4.78 is 69.7. The Morgan fingerprint density at radius 3 is 2.11 bits per heavy atom. The minimum Gasteiger partial charge on any atom is -0.454 e. The number of hydrogen-bond acceptors (Lipinski definition) is 19. The van der Waals surface area contributed by atoms with E-state index in [2.05, 4.69) is 6.92 Å². The molecule has 24 atom stereocenters. The molecule has 1 aromatic carbocycles. The molecule has 4 saturated heterocycles. The minimum atomic E-state index is -1.67. The van der Waals surface area contributed by atoms with Crippen LogP contribution in [0.3, 0.4) is 0 Å². The van der Waals surface area contributed by atoms with E-state index in [1.54, 1.807) is 65.1 Å². The highest BCUT2D eigenvalue weighted by molar-refractivity contribution is 5.90. The second kappa shape index (κ2) is 20.5. The Labute approximate surface area is 421 Å². The third-order valence-electron chi connectivity index (χ3n) is 18.6. The highest BCUT2D eigenvalue weighted by Crippen LogP contribution is 2.81. The number of carbonyl (C=O) groups is 3. The number of esters is 2. The van der Waals surface area contributed by atoms with Crippen molar-refractivity contribution in [3.8, 4) is 0 Å². The first-order chi connectivity index (χ1) is 34.2. The predicted octanol–water partition coefficient (Wildman–Crippen LogP) is 3.06. The molecule has 0 bridgehead atoms. The van der Waals surface area contributed by atoms with Crippen LogP contribution in [0.4, 0.5) is 0 Å². The zero-order valence-corrected chi connectivity index (χ0v) is 42.8. The Hall–Kier alpha value is -2.99. The van der Waals surface area contributed by atoms with E-state index < -0.39 is 145 Å². The maximum absolute atomic E-state index is 14.3. The van der Waals surface area contributed by atoms with E-state index in [1.807, 2.05) is 19.9 Å². The van der Waals surface area contributed by atoms with E-state index in [0.717, 1.165) is 6.42 Å². The molecule has 0 radical (unpaired) electrons. The van der Waals surface area contributed by atoms with Gasteiger partial charge in [0.15, 0.2) is 18.9 Å². The first-order valence-electron chi connectivity index (χ1n) is 25.9. The van der Waals surface area contributed by atoms with Crippen molar-refractivity contribution in [3.63, 3.8) is 0 Å². The van der Waals surface area contributed by atoms with Crippen LogP contribution in [0, 0.1) is 28.6 Å².